The van der Waals surface area contributed by atoms with E-state index in [1.165, 1.54) is 37.7 Å². The summed E-state index contributed by atoms with van der Waals surface area (Å²) in [4.78, 5) is 0. The molecule has 7 atom stereocenters. The number of aliphatic hydroxyl groups excluding tert-OH is 1. The molecule has 1 saturated carbocycles. The maximum absolute atomic E-state index is 13.6. The number of nitrogens with two attached hydrogens (primary N) is 1. The van der Waals surface area contributed by atoms with Crippen molar-refractivity contribution in [3.63, 3.8) is 0 Å². The van der Waals surface area contributed by atoms with E-state index in [1.807, 2.05) is 0 Å². The highest BCUT2D eigenvalue weighted by molar-refractivity contribution is 5.13. The molecule has 0 aromatic rings. The van der Waals surface area contributed by atoms with Crippen molar-refractivity contribution in [1.82, 2.24) is 26.6 Å². The van der Waals surface area contributed by atoms with Crippen LogP contribution in [0.3, 0.4) is 0 Å². The number of hydrogen-bond donors (Lipinski definition) is 7. The summed E-state index contributed by atoms with van der Waals surface area (Å²) >= 11 is 0. The standard InChI is InChI=1S/C26H51FN6O/c1-3-23(29-14-13-28)32-25-16-21(26(34)30-17-19-7-5-4-6-8-19)15-24(33-25)31-18(2)20-9-11-22(27)12-10-20/h9,18-19,21-26,29-34H,3-8,10-17,28H2,1-2H3. The summed E-state index contributed by atoms with van der Waals surface area (Å²) in [5, 5.41) is 29.2. The van der Waals surface area contributed by atoms with Gasteiger partial charge in [0.05, 0.1) is 18.5 Å². The number of aliphatic hydroxyl groups is 1. The second-order valence-corrected chi connectivity index (χ2v) is 10.8. The van der Waals surface area contributed by atoms with Gasteiger partial charge in [0.2, 0.25) is 0 Å². The smallest absolute Gasteiger partial charge is 0.107 e. The molecule has 198 valence electrons. The van der Waals surface area contributed by atoms with Gasteiger partial charge in [0, 0.05) is 31.6 Å². The van der Waals surface area contributed by atoms with Crippen molar-refractivity contribution in [3.05, 3.63) is 11.6 Å². The molecule has 2 aliphatic carbocycles. The van der Waals surface area contributed by atoms with E-state index in [1.54, 1.807) is 0 Å². The van der Waals surface area contributed by atoms with E-state index < -0.39 is 12.4 Å². The molecule has 8 heteroatoms. The zero-order valence-corrected chi connectivity index (χ0v) is 21.5. The fourth-order valence-electron chi connectivity index (χ4n) is 5.86. The quantitative estimate of drug-likeness (QED) is 0.160. The minimum absolute atomic E-state index is 0.0772. The van der Waals surface area contributed by atoms with Crippen molar-refractivity contribution in [2.45, 2.75) is 121 Å². The van der Waals surface area contributed by atoms with Crippen molar-refractivity contribution < 1.29 is 9.50 Å². The average molecular weight is 483 g/mol. The molecule has 1 aliphatic heterocycles. The monoisotopic (exact) mass is 482 g/mol. The van der Waals surface area contributed by atoms with Crippen LogP contribution in [0.5, 0.6) is 0 Å². The van der Waals surface area contributed by atoms with E-state index in [4.69, 9.17) is 5.73 Å². The van der Waals surface area contributed by atoms with Crippen molar-refractivity contribution in [2.75, 3.05) is 19.6 Å². The average Bonchev–Trinajstić information content (AvgIpc) is 2.86. The minimum atomic E-state index is -0.695. The molecule has 1 saturated heterocycles. The Morgan fingerprint density at radius 1 is 1.12 bits per heavy atom. The minimum Gasteiger partial charge on any atom is -0.378 e. The zero-order chi connectivity index (χ0) is 24.3. The molecule has 0 spiro atoms. The maximum Gasteiger partial charge on any atom is 0.107 e. The van der Waals surface area contributed by atoms with E-state index in [9.17, 15) is 9.50 Å². The molecule has 2 fully saturated rings. The summed E-state index contributed by atoms with van der Waals surface area (Å²) in [6.07, 6.45) is 12.4. The van der Waals surface area contributed by atoms with Crippen molar-refractivity contribution in [3.8, 4) is 0 Å². The second kappa shape index (κ2) is 14.8. The van der Waals surface area contributed by atoms with Gasteiger partial charge >= 0.3 is 0 Å². The Morgan fingerprint density at radius 2 is 1.85 bits per heavy atom. The Kier molecular flexibility index (Phi) is 12.2. The first-order valence-electron chi connectivity index (χ1n) is 13.9. The summed E-state index contributed by atoms with van der Waals surface area (Å²) in [5.41, 5.74) is 6.99. The third-order valence-electron chi connectivity index (χ3n) is 8.00. The van der Waals surface area contributed by atoms with Crippen LogP contribution < -0.4 is 32.3 Å². The Morgan fingerprint density at radius 3 is 2.50 bits per heavy atom. The van der Waals surface area contributed by atoms with Gasteiger partial charge < -0.3 is 16.2 Å². The SMILES string of the molecule is CCC(NCCN)NC1CC(C(O)NCC2CCCCC2)CC(NC(C)C2=CCC(F)CC2)N1. The van der Waals surface area contributed by atoms with Crippen LogP contribution in [0.1, 0.15) is 84.5 Å². The molecule has 0 bridgehead atoms. The van der Waals surface area contributed by atoms with E-state index in [2.05, 4.69) is 46.5 Å². The highest BCUT2D eigenvalue weighted by Gasteiger charge is 2.34. The van der Waals surface area contributed by atoms with Crippen molar-refractivity contribution >= 4 is 0 Å². The van der Waals surface area contributed by atoms with Crippen LogP contribution in [0.4, 0.5) is 4.39 Å². The fraction of sp³-hybridized carbons (Fsp3) is 0.923. The molecular formula is C26H51FN6O. The van der Waals surface area contributed by atoms with Crippen LogP contribution >= 0.6 is 0 Å². The van der Waals surface area contributed by atoms with Gasteiger partial charge in [0.15, 0.2) is 0 Å². The number of nitrogens with one attached hydrogen (secondary N) is 5. The number of allylic oxidation sites excluding steroid dienone is 1. The predicted octanol–water partition coefficient (Wildman–Crippen LogP) is 2.43. The summed E-state index contributed by atoms with van der Waals surface area (Å²) in [7, 11) is 0. The molecule has 1 heterocycles. The van der Waals surface area contributed by atoms with Crippen LogP contribution in [0.2, 0.25) is 0 Å². The third-order valence-corrected chi connectivity index (χ3v) is 8.00. The van der Waals surface area contributed by atoms with Gasteiger partial charge in [-0.2, -0.15) is 0 Å². The van der Waals surface area contributed by atoms with Gasteiger partial charge in [0.25, 0.3) is 0 Å². The number of rotatable bonds is 13. The molecule has 0 aromatic carbocycles. The van der Waals surface area contributed by atoms with Crippen molar-refractivity contribution in [1.29, 1.82) is 0 Å². The highest BCUT2D eigenvalue weighted by Crippen LogP contribution is 2.27. The first-order chi connectivity index (χ1) is 16.5. The van der Waals surface area contributed by atoms with Crippen LogP contribution in [-0.2, 0) is 0 Å². The van der Waals surface area contributed by atoms with Crippen LogP contribution in [0, 0.1) is 11.8 Å². The highest BCUT2D eigenvalue weighted by atomic mass is 19.1. The lowest BCUT2D eigenvalue weighted by molar-refractivity contribution is 0.0231. The second-order valence-electron chi connectivity index (χ2n) is 10.8. The first-order valence-corrected chi connectivity index (χ1v) is 13.9. The van der Waals surface area contributed by atoms with Crippen LogP contribution in [-0.4, -0.2) is 61.7 Å². The Labute approximate surface area is 206 Å². The van der Waals surface area contributed by atoms with E-state index in [0.717, 1.165) is 38.8 Å². The van der Waals surface area contributed by atoms with Gasteiger partial charge in [-0.15, -0.1) is 0 Å². The lowest BCUT2D eigenvalue weighted by Gasteiger charge is -2.42. The summed E-state index contributed by atoms with van der Waals surface area (Å²) in [6, 6.07) is 0.189. The van der Waals surface area contributed by atoms with Gasteiger partial charge in [-0.05, 0) is 64.2 Å². The summed E-state index contributed by atoms with van der Waals surface area (Å²) in [5.74, 6) is 0.838. The van der Waals surface area contributed by atoms with Gasteiger partial charge in [-0.1, -0.05) is 37.8 Å². The number of piperidine rings is 1. The fourth-order valence-corrected chi connectivity index (χ4v) is 5.86. The summed E-state index contributed by atoms with van der Waals surface area (Å²) < 4.78 is 13.6. The Bertz CT molecular complexity index is 602. The van der Waals surface area contributed by atoms with Crippen LogP contribution in [0.15, 0.2) is 11.6 Å². The van der Waals surface area contributed by atoms with Crippen LogP contribution in [0.25, 0.3) is 0 Å². The molecule has 0 radical (unpaired) electrons. The van der Waals surface area contributed by atoms with Gasteiger partial charge in [-0.25, -0.2) is 4.39 Å². The molecule has 7 nitrogen and oxygen atoms in total. The third kappa shape index (κ3) is 9.12. The van der Waals surface area contributed by atoms with Crippen molar-refractivity contribution in [2.24, 2.45) is 17.6 Å². The van der Waals surface area contributed by atoms with E-state index >= 15 is 0 Å². The van der Waals surface area contributed by atoms with E-state index in [0.29, 0.717) is 25.3 Å². The van der Waals surface area contributed by atoms with Gasteiger partial charge in [-0.3, -0.25) is 21.3 Å². The molecule has 0 amide bonds. The molecular weight excluding hydrogens is 431 g/mol. The lowest BCUT2D eigenvalue weighted by atomic mass is 9.88. The van der Waals surface area contributed by atoms with E-state index in [-0.39, 0.29) is 30.5 Å². The maximum atomic E-state index is 13.6. The zero-order valence-electron chi connectivity index (χ0n) is 21.5. The molecule has 7 unspecified atom stereocenters. The lowest BCUT2D eigenvalue weighted by Crippen LogP contribution is -2.64. The number of halogens is 1. The van der Waals surface area contributed by atoms with Gasteiger partial charge in [0.1, 0.15) is 12.4 Å². The Balaban J connectivity index is 1.59. The number of alkyl halides is 1. The normalized spacial score (nSPS) is 31.6. The predicted molar refractivity (Wildman–Crippen MR) is 138 cm³/mol. The molecule has 8 N–H and O–H groups in total. The molecule has 0 aromatic heterocycles. The summed E-state index contributed by atoms with van der Waals surface area (Å²) in [6.45, 7) is 6.63. The molecule has 34 heavy (non-hydrogen) atoms. The largest absolute Gasteiger partial charge is 0.378 e. The number of hydrogen-bond acceptors (Lipinski definition) is 7. The first kappa shape index (κ1) is 28.0. The Hall–Kier alpha value is -0.610. The molecule has 3 rings (SSSR count). The molecule has 3 aliphatic rings. The topological polar surface area (TPSA) is 106 Å².